The zero-order chi connectivity index (χ0) is 12.1. The van der Waals surface area contributed by atoms with Crippen molar-refractivity contribution in [2.24, 2.45) is 0 Å². The summed E-state index contributed by atoms with van der Waals surface area (Å²) in [7, 11) is 0. The SMILES string of the molecule is O=C(O)CSc1cc(N2CCSCC2)ncn1. The smallest absolute Gasteiger partial charge is 0.313 e. The van der Waals surface area contributed by atoms with Crippen LogP contribution in [-0.4, -0.2) is 51.4 Å². The summed E-state index contributed by atoms with van der Waals surface area (Å²) in [6.45, 7) is 1.98. The number of carboxylic acids is 1. The van der Waals surface area contributed by atoms with E-state index in [-0.39, 0.29) is 5.75 Å². The minimum absolute atomic E-state index is 0.0340. The van der Waals surface area contributed by atoms with Crippen molar-refractivity contribution in [3.8, 4) is 0 Å². The van der Waals surface area contributed by atoms with Crippen molar-refractivity contribution < 1.29 is 9.90 Å². The Morgan fingerprint density at radius 3 is 2.94 bits per heavy atom. The lowest BCUT2D eigenvalue weighted by Gasteiger charge is -2.27. The van der Waals surface area contributed by atoms with Gasteiger partial charge >= 0.3 is 5.97 Å². The Morgan fingerprint density at radius 1 is 1.47 bits per heavy atom. The van der Waals surface area contributed by atoms with Gasteiger partial charge < -0.3 is 10.0 Å². The van der Waals surface area contributed by atoms with Crippen LogP contribution in [0.2, 0.25) is 0 Å². The summed E-state index contributed by atoms with van der Waals surface area (Å²) in [4.78, 5) is 21.0. The molecule has 92 valence electrons. The molecule has 2 rings (SSSR count). The number of rotatable bonds is 4. The molecule has 5 nitrogen and oxygen atoms in total. The van der Waals surface area contributed by atoms with Gasteiger partial charge in [-0.05, 0) is 0 Å². The number of hydrogen-bond donors (Lipinski definition) is 1. The van der Waals surface area contributed by atoms with Gasteiger partial charge in [0.2, 0.25) is 0 Å². The van der Waals surface area contributed by atoms with Crippen LogP contribution in [0.4, 0.5) is 5.82 Å². The lowest BCUT2D eigenvalue weighted by atomic mass is 10.4. The molecule has 1 aliphatic rings. The number of anilines is 1. The van der Waals surface area contributed by atoms with E-state index >= 15 is 0 Å². The Morgan fingerprint density at radius 2 is 2.24 bits per heavy atom. The fraction of sp³-hybridized carbons (Fsp3) is 0.500. The molecule has 0 bridgehead atoms. The molecule has 1 saturated heterocycles. The van der Waals surface area contributed by atoms with Gasteiger partial charge in [-0.3, -0.25) is 4.79 Å². The molecule has 0 radical (unpaired) electrons. The average molecular weight is 271 g/mol. The summed E-state index contributed by atoms with van der Waals surface area (Å²) in [5, 5.41) is 9.33. The van der Waals surface area contributed by atoms with Crippen LogP contribution in [0.15, 0.2) is 17.4 Å². The standard InChI is InChI=1S/C10H13N3O2S2/c14-10(15)6-17-9-5-8(11-7-12-9)13-1-3-16-4-2-13/h5,7H,1-4,6H2,(H,14,15). The van der Waals surface area contributed by atoms with Gasteiger partial charge in [-0.25, -0.2) is 9.97 Å². The second-order valence-electron chi connectivity index (χ2n) is 3.50. The summed E-state index contributed by atoms with van der Waals surface area (Å²) >= 11 is 3.17. The molecular weight excluding hydrogens is 258 g/mol. The predicted molar refractivity (Wildman–Crippen MR) is 69.9 cm³/mol. The van der Waals surface area contributed by atoms with E-state index in [2.05, 4.69) is 14.9 Å². The number of hydrogen-bond acceptors (Lipinski definition) is 6. The van der Waals surface area contributed by atoms with E-state index in [9.17, 15) is 4.79 Å². The van der Waals surface area contributed by atoms with Crippen molar-refractivity contribution in [2.75, 3.05) is 35.2 Å². The highest BCUT2D eigenvalue weighted by Crippen LogP contribution is 2.21. The highest BCUT2D eigenvalue weighted by Gasteiger charge is 2.13. The zero-order valence-electron chi connectivity index (χ0n) is 9.20. The molecule has 0 spiro atoms. The van der Waals surface area contributed by atoms with Gasteiger partial charge in [0, 0.05) is 30.7 Å². The third-order valence-corrected chi connectivity index (χ3v) is 4.16. The van der Waals surface area contributed by atoms with Gasteiger partial charge in [0.25, 0.3) is 0 Å². The monoisotopic (exact) mass is 271 g/mol. The fourth-order valence-corrected chi connectivity index (χ4v) is 2.99. The molecule has 0 aliphatic carbocycles. The van der Waals surface area contributed by atoms with Crippen molar-refractivity contribution in [2.45, 2.75) is 5.03 Å². The first-order chi connectivity index (χ1) is 8.25. The fourth-order valence-electron chi connectivity index (χ4n) is 1.51. The summed E-state index contributed by atoms with van der Waals surface area (Å²) in [5.41, 5.74) is 0. The van der Waals surface area contributed by atoms with Crippen molar-refractivity contribution in [3.63, 3.8) is 0 Å². The topological polar surface area (TPSA) is 66.3 Å². The molecule has 1 aromatic rings. The lowest BCUT2D eigenvalue weighted by Crippen LogP contribution is -2.33. The van der Waals surface area contributed by atoms with Crippen LogP contribution in [0.5, 0.6) is 0 Å². The maximum absolute atomic E-state index is 10.5. The number of nitrogens with zero attached hydrogens (tertiary/aromatic N) is 3. The third kappa shape index (κ3) is 3.78. The van der Waals surface area contributed by atoms with E-state index in [0.29, 0.717) is 0 Å². The van der Waals surface area contributed by atoms with E-state index < -0.39 is 5.97 Å². The predicted octanol–water partition coefficient (Wildman–Crippen LogP) is 1.21. The first kappa shape index (κ1) is 12.5. The first-order valence-corrected chi connectivity index (χ1v) is 7.39. The van der Waals surface area contributed by atoms with Gasteiger partial charge in [-0.15, -0.1) is 0 Å². The van der Waals surface area contributed by atoms with Crippen LogP contribution in [0, 0.1) is 0 Å². The highest BCUT2D eigenvalue weighted by molar-refractivity contribution is 8.00. The second kappa shape index (κ2) is 6.11. The van der Waals surface area contributed by atoms with Gasteiger partial charge in [-0.2, -0.15) is 11.8 Å². The van der Waals surface area contributed by atoms with E-state index in [0.717, 1.165) is 35.4 Å². The number of aliphatic carboxylic acids is 1. The molecule has 17 heavy (non-hydrogen) atoms. The molecule has 0 saturated carbocycles. The molecule has 2 heterocycles. The van der Waals surface area contributed by atoms with Gasteiger partial charge in [0.15, 0.2) is 0 Å². The number of carbonyl (C=O) groups is 1. The summed E-state index contributed by atoms with van der Waals surface area (Å²) in [5.74, 6) is 2.33. The van der Waals surface area contributed by atoms with Crippen molar-refractivity contribution in [1.82, 2.24) is 9.97 Å². The van der Waals surface area contributed by atoms with Crippen LogP contribution in [0.1, 0.15) is 0 Å². The molecule has 1 aromatic heterocycles. The molecule has 1 aliphatic heterocycles. The Bertz CT molecular complexity index is 397. The molecule has 7 heteroatoms. The Balaban J connectivity index is 2.02. The van der Waals surface area contributed by atoms with Gasteiger partial charge in [0.1, 0.15) is 17.2 Å². The first-order valence-electron chi connectivity index (χ1n) is 5.25. The Labute approximate surface area is 108 Å². The summed E-state index contributed by atoms with van der Waals surface area (Å²) in [6.07, 6.45) is 1.50. The van der Waals surface area contributed by atoms with Crippen molar-refractivity contribution >= 4 is 35.3 Å². The van der Waals surface area contributed by atoms with Crippen molar-refractivity contribution in [1.29, 1.82) is 0 Å². The molecule has 1 N–H and O–H groups in total. The van der Waals surface area contributed by atoms with E-state index in [1.54, 1.807) is 0 Å². The Hall–Kier alpha value is -0.950. The zero-order valence-corrected chi connectivity index (χ0v) is 10.8. The molecular formula is C10H13N3O2S2. The van der Waals surface area contributed by atoms with Crippen LogP contribution >= 0.6 is 23.5 Å². The maximum Gasteiger partial charge on any atom is 0.313 e. The lowest BCUT2D eigenvalue weighted by molar-refractivity contribution is -0.133. The van der Waals surface area contributed by atoms with Crippen LogP contribution in [0.3, 0.4) is 0 Å². The van der Waals surface area contributed by atoms with Crippen LogP contribution in [0.25, 0.3) is 0 Å². The van der Waals surface area contributed by atoms with E-state index in [1.807, 2.05) is 17.8 Å². The maximum atomic E-state index is 10.5. The largest absolute Gasteiger partial charge is 0.481 e. The Kier molecular flexibility index (Phi) is 4.49. The third-order valence-electron chi connectivity index (χ3n) is 2.31. The molecule has 0 unspecified atom stereocenters. The minimum Gasteiger partial charge on any atom is -0.481 e. The number of aromatic nitrogens is 2. The van der Waals surface area contributed by atoms with Crippen LogP contribution < -0.4 is 4.90 Å². The van der Waals surface area contributed by atoms with E-state index in [4.69, 9.17) is 5.11 Å². The molecule has 1 fully saturated rings. The highest BCUT2D eigenvalue weighted by atomic mass is 32.2. The summed E-state index contributed by atoms with van der Waals surface area (Å²) in [6, 6.07) is 1.86. The van der Waals surface area contributed by atoms with Crippen LogP contribution in [-0.2, 0) is 4.79 Å². The van der Waals surface area contributed by atoms with Gasteiger partial charge in [-0.1, -0.05) is 11.8 Å². The number of thioether (sulfide) groups is 2. The second-order valence-corrected chi connectivity index (χ2v) is 5.72. The minimum atomic E-state index is -0.829. The van der Waals surface area contributed by atoms with Gasteiger partial charge in [0.05, 0.1) is 5.75 Å². The van der Waals surface area contributed by atoms with Crippen molar-refractivity contribution in [3.05, 3.63) is 12.4 Å². The summed E-state index contributed by atoms with van der Waals surface area (Å²) < 4.78 is 0. The normalized spacial score (nSPS) is 15.9. The molecule has 0 atom stereocenters. The quantitative estimate of drug-likeness (QED) is 0.652. The molecule has 0 amide bonds. The average Bonchev–Trinajstić information content (AvgIpc) is 2.38. The number of carboxylic acid groups (broad SMARTS) is 1. The molecule has 0 aromatic carbocycles. The van der Waals surface area contributed by atoms with E-state index in [1.165, 1.54) is 18.1 Å².